The number of nitrogens with zero attached hydrogens (tertiary/aromatic N) is 1. The molecule has 1 fully saturated rings. The molecule has 3 heterocycles. The summed E-state index contributed by atoms with van der Waals surface area (Å²) in [5.41, 5.74) is -0.0986. The van der Waals surface area contributed by atoms with Crippen LogP contribution in [0.3, 0.4) is 0 Å². The summed E-state index contributed by atoms with van der Waals surface area (Å²) >= 11 is 1.58. The molecule has 0 radical (unpaired) electrons. The van der Waals surface area contributed by atoms with Gasteiger partial charge in [0.05, 0.1) is 18.9 Å². The highest BCUT2D eigenvalue weighted by Gasteiger charge is 2.23. The number of hydrogen-bond donors (Lipinski definition) is 3. The second-order valence-electron chi connectivity index (χ2n) is 7.08. The van der Waals surface area contributed by atoms with Crippen molar-refractivity contribution < 1.29 is 14.3 Å². The molecule has 0 bridgehead atoms. The van der Waals surface area contributed by atoms with Crippen LogP contribution in [0, 0.1) is 0 Å². The van der Waals surface area contributed by atoms with Gasteiger partial charge in [0.15, 0.2) is 5.96 Å². The lowest BCUT2D eigenvalue weighted by Crippen LogP contribution is -2.44. The lowest BCUT2D eigenvalue weighted by Gasteiger charge is -2.25. The molecular weight excluding hydrogens is 362 g/mol. The van der Waals surface area contributed by atoms with Crippen molar-refractivity contribution in [2.75, 3.05) is 26.2 Å². The van der Waals surface area contributed by atoms with E-state index in [4.69, 9.17) is 9.15 Å². The topological polar surface area (TPSA) is 79.0 Å². The number of aliphatic imine (C=N–C) groups is 1. The Labute approximate surface area is 164 Å². The van der Waals surface area contributed by atoms with Crippen molar-refractivity contribution in [3.63, 3.8) is 0 Å². The van der Waals surface area contributed by atoms with Gasteiger partial charge in [-0.25, -0.2) is 4.99 Å². The van der Waals surface area contributed by atoms with E-state index in [-0.39, 0.29) is 12.6 Å². The summed E-state index contributed by atoms with van der Waals surface area (Å²) in [6, 6.07) is 5.79. The van der Waals surface area contributed by atoms with Gasteiger partial charge in [0.1, 0.15) is 11.4 Å². The number of hydrogen-bond acceptors (Lipinski definition) is 5. The molecule has 27 heavy (non-hydrogen) atoms. The number of ether oxygens (including phenoxy) is 1. The van der Waals surface area contributed by atoms with Crippen molar-refractivity contribution in [2.45, 2.75) is 44.3 Å². The van der Waals surface area contributed by atoms with Gasteiger partial charge in [-0.05, 0) is 60.7 Å². The normalized spacial score (nSPS) is 20.2. The zero-order chi connectivity index (χ0) is 19.0. The van der Waals surface area contributed by atoms with E-state index in [9.17, 15) is 5.11 Å². The first kappa shape index (κ1) is 19.9. The molecule has 3 N–H and O–H groups in total. The third-order valence-electron chi connectivity index (χ3n) is 4.70. The first-order valence-electron chi connectivity index (χ1n) is 9.55. The van der Waals surface area contributed by atoms with Crippen molar-refractivity contribution >= 4 is 17.3 Å². The number of guanidine groups is 1. The molecule has 0 aromatic carbocycles. The Morgan fingerprint density at radius 2 is 2.30 bits per heavy atom. The minimum Gasteiger partial charge on any atom is -0.469 e. The second-order valence-corrected chi connectivity index (χ2v) is 7.86. The predicted molar refractivity (Wildman–Crippen MR) is 108 cm³/mol. The molecule has 0 saturated carbocycles. The molecule has 0 spiro atoms. The average molecular weight is 392 g/mol. The van der Waals surface area contributed by atoms with E-state index in [1.807, 2.05) is 29.0 Å². The van der Waals surface area contributed by atoms with E-state index in [2.05, 4.69) is 15.6 Å². The molecule has 2 atom stereocenters. The zero-order valence-corrected chi connectivity index (χ0v) is 16.6. The third kappa shape index (κ3) is 6.37. The quantitative estimate of drug-likeness (QED) is 0.476. The van der Waals surface area contributed by atoms with Crippen LogP contribution in [0.5, 0.6) is 0 Å². The van der Waals surface area contributed by atoms with Gasteiger partial charge < -0.3 is 24.9 Å². The van der Waals surface area contributed by atoms with Gasteiger partial charge in [-0.1, -0.05) is 0 Å². The second kappa shape index (κ2) is 9.92. The minimum absolute atomic E-state index is 0.216. The van der Waals surface area contributed by atoms with Crippen LogP contribution in [0.1, 0.15) is 37.5 Å². The van der Waals surface area contributed by atoms with Gasteiger partial charge in [-0.15, -0.1) is 0 Å². The van der Waals surface area contributed by atoms with Crippen molar-refractivity contribution in [3.8, 4) is 0 Å². The Hall–Kier alpha value is -1.83. The molecule has 0 aliphatic carbocycles. The molecule has 1 saturated heterocycles. The van der Waals surface area contributed by atoms with E-state index in [1.54, 1.807) is 24.5 Å². The first-order valence-corrected chi connectivity index (χ1v) is 10.5. The Balaban J connectivity index is 1.56. The van der Waals surface area contributed by atoms with Crippen LogP contribution in [-0.4, -0.2) is 43.4 Å². The molecule has 2 aromatic rings. The molecule has 148 valence electrons. The van der Waals surface area contributed by atoms with Crippen LogP contribution < -0.4 is 10.6 Å². The highest BCUT2D eigenvalue weighted by molar-refractivity contribution is 7.08. The van der Waals surface area contributed by atoms with E-state index >= 15 is 0 Å². The summed E-state index contributed by atoms with van der Waals surface area (Å²) in [5, 5.41) is 21.3. The molecule has 6 nitrogen and oxygen atoms in total. The fourth-order valence-electron chi connectivity index (χ4n) is 3.01. The number of rotatable bonds is 8. The Kier molecular flexibility index (Phi) is 7.32. The van der Waals surface area contributed by atoms with Crippen molar-refractivity contribution in [2.24, 2.45) is 4.99 Å². The Morgan fingerprint density at radius 1 is 1.37 bits per heavy atom. The highest BCUT2D eigenvalue weighted by Crippen LogP contribution is 2.23. The number of nitrogens with one attached hydrogen (secondary N) is 2. The molecular formula is C20H29N3O3S. The summed E-state index contributed by atoms with van der Waals surface area (Å²) in [6.45, 7) is 4.32. The maximum absolute atomic E-state index is 10.7. The van der Waals surface area contributed by atoms with E-state index < -0.39 is 5.60 Å². The van der Waals surface area contributed by atoms with Gasteiger partial charge in [0, 0.05) is 26.1 Å². The summed E-state index contributed by atoms with van der Waals surface area (Å²) < 4.78 is 11.2. The molecule has 7 heteroatoms. The average Bonchev–Trinajstić information content (AvgIpc) is 3.38. The van der Waals surface area contributed by atoms with Gasteiger partial charge in [0.2, 0.25) is 0 Å². The van der Waals surface area contributed by atoms with Crippen LogP contribution in [0.4, 0.5) is 0 Å². The van der Waals surface area contributed by atoms with Crippen molar-refractivity contribution in [1.29, 1.82) is 0 Å². The van der Waals surface area contributed by atoms with Crippen molar-refractivity contribution in [1.82, 2.24) is 10.6 Å². The van der Waals surface area contributed by atoms with Gasteiger partial charge >= 0.3 is 0 Å². The molecule has 3 rings (SSSR count). The summed E-state index contributed by atoms with van der Waals surface area (Å²) in [4.78, 5) is 4.62. The van der Waals surface area contributed by atoms with Gasteiger partial charge in [0.25, 0.3) is 0 Å². The standard InChI is InChI=1S/C20H29N3O3S/c1-20(24,16-8-12-27-14-16)15-23-19(21-9-7-17-6-4-11-25-17)22-13-18-5-2-3-10-26-18/h4,6,8,11-12,14,18,24H,2-3,5,7,9-10,13,15H2,1H3,(H2,21,22,23). The summed E-state index contributed by atoms with van der Waals surface area (Å²) in [7, 11) is 0. The van der Waals surface area contributed by atoms with Gasteiger partial charge in [-0.3, -0.25) is 0 Å². The monoisotopic (exact) mass is 391 g/mol. The number of furan rings is 1. The van der Waals surface area contributed by atoms with E-state index in [1.165, 1.54) is 6.42 Å². The maximum atomic E-state index is 10.7. The fourth-order valence-corrected chi connectivity index (χ4v) is 3.79. The number of thiophene rings is 1. The molecule has 0 amide bonds. The van der Waals surface area contributed by atoms with Crippen LogP contribution in [0.2, 0.25) is 0 Å². The van der Waals surface area contributed by atoms with Crippen LogP contribution in [0.25, 0.3) is 0 Å². The van der Waals surface area contributed by atoms with E-state index in [0.717, 1.165) is 37.2 Å². The zero-order valence-electron chi connectivity index (χ0n) is 15.8. The molecule has 2 aromatic heterocycles. The SMILES string of the molecule is CC(O)(CN=C(NCCc1ccco1)NCC1CCCCO1)c1ccsc1. The van der Waals surface area contributed by atoms with Crippen LogP contribution in [0.15, 0.2) is 44.6 Å². The maximum Gasteiger partial charge on any atom is 0.191 e. The molecule has 1 aliphatic rings. The highest BCUT2D eigenvalue weighted by atomic mass is 32.1. The largest absolute Gasteiger partial charge is 0.469 e. The smallest absolute Gasteiger partial charge is 0.191 e. The molecule has 2 unspecified atom stereocenters. The van der Waals surface area contributed by atoms with Crippen molar-refractivity contribution in [3.05, 3.63) is 46.5 Å². The fraction of sp³-hybridized carbons (Fsp3) is 0.550. The predicted octanol–water partition coefficient (Wildman–Crippen LogP) is 2.90. The minimum atomic E-state index is -0.989. The van der Waals surface area contributed by atoms with Gasteiger partial charge in [-0.2, -0.15) is 11.3 Å². The summed E-state index contributed by atoms with van der Waals surface area (Å²) in [5.74, 6) is 1.62. The Bertz CT molecular complexity index is 677. The van der Waals surface area contributed by atoms with Crippen LogP contribution >= 0.6 is 11.3 Å². The number of aliphatic hydroxyl groups is 1. The summed E-state index contributed by atoms with van der Waals surface area (Å²) in [6.07, 6.45) is 6.09. The van der Waals surface area contributed by atoms with E-state index in [0.29, 0.717) is 19.0 Å². The van der Waals surface area contributed by atoms with Crippen LogP contribution in [-0.2, 0) is 16.8 Å². The third-order valence-corrected chi connectivity index (χ3v) is 5.39. The Morgan fingerprint density at radius 3 is 3.00 bits per heavy atom. The molecule has 1 aliphatic heterocycles. The first-order chi connectivity index (χ1) is 13.1. The lowest BCUT2D eigenvalue weighted by atomic mass is 10.00. The lowest BCUT2D eigenvalue weighted by molar-refractivity contribution is 0.0194.